The summed E-state index contributed by atoms with van der Waals surface area (Å²) < 4.78 is 4.85. The van der Waals surface area contributed by atoms with Gasteiger partial charge in [-0.25, -0.2) is 0 Å². The van der Waals surface area contributed by atoms with Crippen molar-refractivity contribution < 1.29 is 4.74 Å². The Labute approximate surface area is 55.4 Å². The van der Waals surface area contributed by atoms with E-state index in [9.17, 15) is 0 Å². The lowest BCUT2D eigenvalue weighted by Gasteiger charge is -2.21. The molecule has 50 valence electrons. The van der Waals surface area contributed by atoms with E-state index >= 15 is 0 Å². The van der Waals surface area contributed by atoms with Crippen molar-refractivity contribution in [1.29, 1.82) is 0 Å². The van der Waals surface area contributed by atoms with Crippen LogP contribution in [0.1, 0.15) is 13.8 Å². The van der Waals surface area contributed by atoms with Crippen LogP contribution in [0.3, 0.4) is 0 Å². The first-order valence-corrected chi connectivity index (χ1v) is 3.07. The third-order valence-electron chi connectivity index (χ3n) is 1.22. The van der Waals surface area contributed by atoms with E-state index in [0.29, 0.717) is 6.04 Å². The van der Waals surface area contributed by atoms with Gasteiger partial charge in [-0.2, -0.15) is 0 Å². The zero-order chi connectivity index (χ0) is 6.69. The molecule has 1 aliphatic heterocycles. The maximum Gasteiger partial charge on any atom is 0.106 e. The van der Waals surface area contributed by atoms with Crippen LogP contribution in [-0.2, 0) is 4.74 Å². The average molecular weight is 125 g/mol. The minimum atomic E-state index is 0.515. The second-order valence-electron chi connectivity index (χ2n) is 2.25. The minimum Gasteiger partial charge on any atom is -0.470 e. The van der Waals surface area contributed by atoms with Gasteiger partial charge in [-0.3, -0.25) is 0 Å². The van der Waals surface area contributed by atoms with Gasteiger partial charge >= 0.3 is 0 Å². The summed E-state index contributed by atoms with van der Waals surface area (Å²) >= 11 is 0. The SMILES string of the molecule is CC(C)N1C=COC=C1. The van der Waals surface area contributed by atoms with Gasteiger partial charge in [0, 0.05) is 18.4 Å². The van der Waals surface area contributed by atoms with Crippen molar-refractivity contribution >= 4 is 0 Å². The molecule has 0 unspecified atom stereocenters. The van der Waals surface area contributed by atoms with Crippen LogP contribution >= 0.6 is 0 Å². The van der Waals surface area contributed by atoms with E-state index in [1.165, 1.54) is 0 Å². The molecule has 0 aromatic carbocycles. The summed E-state index contributed by atoms with van der Waals surface area (Å²) in [5.41, 5.74) is 0. The van der Waals surface area contributed by atoms with Crippen molar-refractivity contribution in [3.63, 3.8) is 0 Å². The quantitative estimate of drug-likeness (QED) is 0.528. The molecule has 0 amide bonds. The Morgan fingerprint density at radius 1 is 1.22 bits per heavy atom. The molecule has 9 heavy (non-hydrogen) atoms. The fourth-order valence-electron chi connectivity index (χ4n) is 0.650. The van der Waals surface area contributed by atoms with Crippen molar-refractivity contribution in [2.75, 3.05) is 0 Å². The lowest BCUT2D eigenvalue weighted by atomic mass is 10.3. The lowest BCUT2D eigenvalue weighted by molar-refractivity contribution is 0.319. The highest BCUT2D eigenvalue weighted by atomic mass is 16.5. The average Bonchev–Trinajstić information content (AvgIpc) is 1.90. The molecule has 0 bridgehead atoms. The zero-order valence-corrected chi connectivity index (χ0v) is 5.74. The molecular weight excluding hydrogens is 114 g/mol. The summed E-state index contributed by atoms with van der Waals surface area (Å²) in [4.78, 5) is 2.07. The maximum absolute atomic E-state index is 4.85. The Balaban J connectivity index is 2.49. The molecule has 0 radical (unpaired) electrons. The summed E-state index contributed by atoms with van der Waals surface area (Å²) in [6.45, 7) is 4.25. The first-order chi connectivity index (χ1) is 4.30. The predicted octanol–water partition coefficient (Wildman–Crippen LogP) is 1.67. The highest BCUT2D eigenvalue weighted by Crippen LogP contribution is 2.04. The summed E-state index contributed by atoms with van der Waals surface area (Å²) in [6.07, 6.45) is 7.15. The Hall–Kier alpha value is -0.920. The van der Waals surface area contributed by atoms with E-state index in [1.54, 1.807) is 12.5 Å². The van der Waals surface area contributed by atoms with E-state index in [1.807, 2.05) is 12.4 Å². The van der Waals surface area contributed by atoms with Gasteiger partial charge < -0.3 is 9.64 Å². The fourth-order valence-corrected chi connectivity index (χ4v) is 0.650. The van der Waals surface area contributed by atoms with Gasteiger partial charge in [0.15, 0.2) is 0 Å². The molecule has 1 rings (SSSR count). The van der Waals surface area contributed by atoms with Crippen molar-refractivity contribution in [3.8, 4) is 0 Å². The van der Waals surface area contributed by atoms with Crippen LogP contribution in [0.15, 0.2) is 24.9 Å². The van der Waals surface area contributed by atoms with Crippen LogP contribution in [0.4, 0.5) is 0 Å². The number of rotatable bonds is 1. The predicted molar refractivity (Wildman–Crippen MR) is 36.3 cm³/mol. The van der Waals surface area contributed by atoms with Crippen molar-refractivity contribution in [2.45, 2.75) is 19.9 Å². The Kier molecular flexibility index (Phi) is 1.78. The largest absolute Gasteiger partial charge is 0.470 e. The molecule has 0 aromatic rings. The highest BCUT2D eigenvalue weighted by Gasteiger charge is 2.00. The first-order valence-electron chi connectivity index (χ1n) is 3.07. The fraction of sp³-hybridized carbons (Fsp3) is 0.429. The topological polar surface area (TPSA) is 12.5 Å². The number of ether oxygens (including phenoxy) is 1. The van der Waals surface area contributed by atoms with E-state index in [-0.39, 0.29) is 0 Å². The summed E-state index contributed by atoms with van der Waals surface area (Å²) in [5, 5.41) is 0. The summed E-state index contributed by atoms with van der Waals surface area (Å²) in [5.74, 6) is 0. The van der Waals surface area contributed by atoms with Gasteiger partial charge in [0.05, 0.1) is 0 Å². The lowest BCUT2D eigenvalue weighted by Crippen LogP contribution is -2.20. The van der Waals surface area contributed by atoms with Crippen LogP contribution in [0, 0.1) is 0 Å². The highest BCUT2D eigenvalue weighted by molar-refractivity contribution is 4.93. The summed E-state index contributed by atoms with van der Waals surface area (Å²) in [6, 6.07) is 0.515. The molecule has 0 atom stereocenters. The zero-order valence-electron chi connectivity index (χ0n) is 5.74. The maximum atomic E-state index is 4.85. The molecule has 2 nitrogen and oxygen atoms in total. The molecule has 0 saturated heterocycles. The molecule has 1 aliphatic rings. The molecule has 0 spiro atoms. The van der Waals surface area contributed by atoms with Gasteiger partial charge in [-0.1, -0.05) is 0 Å². The van der Waals surface area contributed by atoms with E-state index < -0.39 is 0 Å². The van der Waals surface area contributed by atoms with E-state index in [0.717, 1.165) is 0 Å². The molecule has 1 heterocycles. The van der Waals surface area contributed by atoms with Crippen molar-refractivity contribution in [3.05, 3.63) is 24.9 Å². The Morgan fingerprint density at radius 3 is 2.11 bits per heavy atom. The Morgan fingerprint density at radius 2 is 1.78 bits per heavy atom. The third kappa shape index (κ3) is 1.49. The molecule has 0 aliphatic carbocycles. The van der Waals surface area contributed by atoms with E-state index in [4.69, 9.17) is 4.74 Å². The van der Waals surface area contributed by atoms with Crippen LogP contribution in [0.5, 0.6) is 0 Å². The molecular formula is C7H11NO. The number of hydrogen-bond acceptors (Lipinski definition) is 2. The van der Waals surface area contributed by atoms with Gasteiger partial charge in [0.25, 0.3) is 0 Å². The van der Waals surface area contributed by atoms with Gasteiger partial charge in [-0.05, 0) is 13.8 Å². The molecule has 0 N–H and O–H groups in total. The smallest absolute Gasteiger partial charge is 0.106 e. The van der Waals surface area contributed by atoms with Crippen molar-refractivity contribution in [1.82, 2.24) is 4.90 Å². The van der Waals surface area contributed by atoms with Crippen molar-refractivity contribution in [2.24, 2.45) is 0 Å². The third-order valence-corrected chi connectivity index (χ3v) is 1.22. The monoisotopic (exact) mass is 125 g/mol. The number of hydrogen-bond donors (Lipinski definition) is 0. The molecule has 0 aromatic heterocycles. The standard InChI is InChI=1S/C7H11NO/c1-7(2)8-3-5-9-6-4-8/h3-7H,1-2H3. The van der Waals surface area contributed by atoms with Crippen LogP contribution in [0.2, 0.25) is 0 Å². The molecule has 0 saturated carbocycles. The van der Waals surface area contributed by atoms with Gasteiger partial charge in [0.2, 0.25) is 0 Å². The first kappa shape index (κ1) is 6.20. The van der Waals surface area contributed by atoms with E-state index in [2.05, 4.69) is 18.7 Å². The number of nitrogens with zero attached hydrogens (tertiary/aromatic N) is 1. The van der Waals surface area contributed by atoms with Gasteiger partial charge in [0.1, 0.15) is 12.5 Å². The summed E-state index contributed by atoms with van der Waals surface area (Å²) in [7, 11) is 0. The molecule has 0 fully saturated rings. The second-order valence-corrected chi connectivity index (χ2v) is 2.25. The van der Waals surface area contributed by atoms with Crippen LogP contribution in [-0.4, -0.2) is 10.9 Å². The molecule has 2 heteroatoms. The normalized spacial score (nSPS) is 16.6. The second kappa shape index (κ2) is 2.58. The minimum absolute atomic E-state index is 0.515. The van der Waals surface area contributed by atoms with Gasteiger partial charge in [-0.15, -0.1) is 0 Å². The van der Waals surface area contributed by atoms with Crippen LogP contribution < -0.4 is 0 Å². The van der Waals surface area contributed by atoms with Crippen LogP contribution in [0.25, 0.3) is 0 Å². The Bertz CT molecular complexity index is 126.